The molecule has 0 heterocycles. The predicted molar refractivity (Wildman–Crippen MR) is 145 cm³/mol. The zero-order valence-electron chi connectivity index (χ0n) is 20.9. The van der Waals surface area contributed by atoms with E-state index >= 15 is 0 Å². The average molecular weight is 465 g/mol. The van der Waals surface area contributed by atoms with Gasteiger partial charge < -0.3 is 0 Å². The van der Waals surface area contributed by atoms with Crippen molar-refractivity contribution in [2.45, 2.75) is 96.8 Å². The van der Waals surface area contributed by atoms with Crippen molar-refractivity contribution >= 4 is 11.6 Å². The fourth-order valence-corrected chi connectivity index (χ4v) is 6.82. The van der Waals surface area contributed by atoms with Gasteiger partial charge in [0.25, 0.3) is 0 Å². The van der Waals surface area contributed by atoms with Gasteiger partial charge in [-0.05, 0) is 90.9 Å². The quantitative estimate of drug-likeness (QED) is 0.307. The molecule has 0 atom stereocenters. The molecule has 0 spiro atoms. The number of aryl methyl sites for hydroxylation is 2. The number of hydrogen-bond acceptors (Lipinski definition) is 0. The van der Waals surface area contributed by atoms with Gasteiger partial charge in [0, 0.05) is 5.88 Å². The molecule has 2 aliphatic rings. The molecule has 33 heavy (non-hydrogen) atoms. The Morgan fingerprint density at radius 3 is 1.52 bits per heavy atom. The molecule has 0 bridgehead atoms. The topological polar surface area (TPSA) is 0 Å². The summed E-state index contributed by atoms with van der Waals surface area (Å²) in [5, 5.41) is 0. The molecule has 0 aliphatic heterocycles. The highest BCUT2D eigenvalue weighted by Crippen LogP contribution is 2.43. The molecule has 180 valence electrons. The van der Waals surface area contributed by atoms with Gasteiger partial charge in [-0.25, -0.2) is 0 Å². The van der Waals surface area contributed by atoms with E-state index in [0.717, 1.165) is 30.1 Å². The first-order chi connectivity index (χ1) is 16.2. The van der Waals surface area contributed by atoms with Crippen LogP contribution in [0.4, 0.5) is 0 Å². The molecule has 0 unspecified atom stereocenters. The van der Waals surface area contributed by atoms with Crippen molar-refractivity contribution in [3.63, 3.8) is 0 Å². The lowest BCUT2D eigenvalue weighted by Gasteiger charge is -2.38. The molecule has 2 aromatic rings. The van der Waals surface area contributed by atoms with E-state index in [4.69, 9.17) is 11.6 Å². The molecule has 2 fully saturated rings. The Labute approximate surface area is 208 Å². The van der Waals surface area contributed by atoms with Gasteiger partial charge in [0.2, 0.25) is 0 Å². The van der Waals surface area contributed by atoms with Gasteiger partial charge in [-0.2, -0.15) is 0 Å². The van der Waals surface area contributed by atoms with Crippen LogP contribution >= 0.6 is 11.6 Å². The smallest absolute Gasteiger partial charge is 0.0263 e. The first-order valence-corrected chi connectivity index (χ1v) is 14.5. The standard InChI is InChI=1S/C32H45Cl/c1-2-3-4-25-7-15-29(16-8-25)30-17-9-26(10-18-30)5-6-27-11-19-31(20-12-27)32-21-13-28(14-22-32)23-24-33/h11-14,19-22,25-26,29-30H,2-10,15-18,23-24H2,1H3/t25-,26-,29-,30-. The van der Waals surface area contributed by atoms with Gasteiger partial charge >= 0.3 is 0 Å². The van der Waals surface area contributed by atoms with Crippen molar-refractivity contribution in [3.05, 3.63) is 59.7 Å². The third-order valence-corrected chi connectivity index (χ3v) is 9.07. The molecule has 4 rings (SSSR count). The number of hydrogen-bond donors (Lipinski definition) is 0. The minimum absolute atomic E-state index is 0.690. The van der Waals surface area contributed by atoms with Crippen LogP contribution in [0.3, 0.4) is 0 Å². The maximum Gasteiger partial charge on any atom is 0.0263 e. The van der Waals surface area contributed by atoms with Crippen molar-refractivity contribution in [1.29, 1.82) is 0 Å². The van der Waals surface area contributed by atoms with E-state index in [9.17, 15) is 0 Å². The van der Waals surface area contributed by atoms with Gasteiger partial charge in [0.1, 0.15) is 0 Å². The van der Waals surface area contributed by atoms with Crippen LogP contribution in [0.1, 0.15) is 95.1 Å². The van der Waals surface area contributed by atoms with E-state index < -0.39 is 0 Å². The molecule has 0 amide bonds. The van der Waals surface area contributed by atoms with Crippen LogP contribution in [0.15, 0.2) is 48.5 Å². The number of halogens is 1. The molecular formula is C32H45Cl. The second-order valence-electron chi connectivity index (χ2n) is 11.1. The van der Waals surface area contributed by atoms with E-state index in [-0.39, 0.29) is 0 Å². The summed E-state index contributed by atoms with van der Waals surface area (Å²) < 4.78 is 0. The average Bonchev–Trinajstić information content (AvgIpc) is 2.88. The zero-order chi connectivity index (χ0) is 22.9. The lowest BCUT2D eigenvalue weighted by atomic mass is 9.68. The van der Waals surface area contributed by atoms with E-state index in [0.29, 0.717) is 5.88 Å². The molecular weight excluding hydrogens is 420 g/mol. The fraction of sp³-hybridized carbons (Fsp3) is 0.625. The van der Waals surface area contributed by atoms with E-state index in [2.05, 4.69) is 55.5 Å². The molecule has 0 nitrogen and oxygen atoms in total. The lowest BCUT2D eigenvalue weighted by Crippen LogP contribution is -2.26. The third-order valence-electron chi connectivity index (χ3n) is 8.88. The largest absolute Gasteiger partial charge is 0.126 e. The lowest BCUT2D eigenvalue weighted by molar-refractivity contribution is 0.140. The second-order valence-corrected chi connectivity index (χ2v) is 11.5. The van der Waals surface area contributed by atoms with Gasteiger partial charge in [0.15, 0.2) is 0 Å². The van der Waals surface area contributed by atoms with Crippen LogP contribution in [0.25, 0.3) is 11.1 Å². The number of benzene rings is 2. The minimum atomic E-state index is 0.690. The molecule has 0 radical (unpaired) electrons. The molecule has 2 aliphatic carbocycles. The maximum absolute atomic E-state index is 5.86. The fourth-order valence-electron chi connectivity index (χ4n) is 6.60. The molecule has 2 saturated carbocycles. The van der Waals surface area contributed by atoms with E-state index in [1.54, 1.807) is 0 Å². The van der Waals surface area contributed by atoms with Crippen LogP contribution in [-0.4, -0.2) is 5.88 Å². The summed E-state index contributed by atoms with van der Waals surface area (Å²) in [6.45, 7) is 2.34. The van der Waals surface area contributed by atoms with Gasteiger partial charge in [-0.3, -0.25) is 0 Å². The Bertz CT molecular complexity index is 789. The van der Waals surface area contributed by atoms with Crippen molar-refractivity contribution in [2.24, 2.45) is 23.7 Å². The summed E-state index contributed by atoms with van der Waals surface area (Å²) in [5.74, 6) is 4.80. The van der Waals surface area contributed by atoms with Gasteiger partial charge in [-0.1, -0.05) is 100 Å². The number of unbranched alkanes of at least 4 members (excludes halogenated alkanes) is 1. The van der Waals surface area contributed by atoms with Crippen LogP contribution in [0, 0.1) is 23.7 Å². The van der Waals surface area contributed by atoms with Crippen molar-refractivity contribution in [1.82, 2.24) is 0 Å². The highest BCUT2D eigenvalue weighted by atomic mass is 35.5. The van der Waals surface area contributed by atoms with Crippen molar-refractivity contribution in [2.75, 3.05) is 5.88 Å². The Hall–Kier alpha value is -1.27. The van der Waals surface area contributed by atoms with Crippen LogP contribution in [0.5, 0.6) is 0 Å². The van der Waals surface area contributed by atoms with E-state index in [1.165, 1.54) is 106 Å². The Balaban J connectivity index is 1.17. The zero-order valence-corrected chi connectivity index (χ0v) is 21.7. The summed E-state index contributed by atoms with van der Waals surface area (Å²) in [4.78, 5) is 0. The van der Waals surface area contributed by atoms with Crippen LogP contribution in [0.2, 0.25) is 0 Å². The van der Waals surface area contributed by atoms with Crippen LogP contribution in [-0.2, 0) is 12.8 Å². The molecule has 1 heteroatoms. The van der Waals surface area contributed by atoms with Crippen molar-refractivity contribution in [3.8, 4) is 11.1 Å². The summed E-state index contributed by atoms with van der Waals surface area (Å²) >= 11 is 5.86. The first-order valence-electron chi connectivity index (χ1n) is 14.0. The normalized spacial score (nSPS) is 25.8. The van der Waals surface area contributed by atoms with Gasteiger partial charge in [0.05, 0.1) is 0 Å². The summed E-state index contributed by atoms with van der Waals surface area (Å²) in [5.41, 5.74) is 5.45. The number of alkyl halides is 1. The van der Waals surface area contributed by atoms with Gasteiger partial charge in [-0.15, -0.1) is 11.6 Å². The summed E-state index contributed by atoms with van der Waals surface area (Å²) in [7, 11) is 0. The van der Waals surface area contributed by atoms with E-state index in [1.807, 2.05) is 0 Å². The summed E-state index contributed by atoms with van der Waals surface area (Å²) in [6.07, 6.45) is 20.0. The highest BCUT2D eigenvalue weighted by Gasteiger charge is 2.30. The molecule has 0 N–H and O–H groups in total. The molecule has 0 aromatic heterocycles. The Morgan fingerprint density at radius 1 is 0.606 bits per heavy atom. The Morgan fingerprint density at radius 2 is 1.06 bits per heavy atom. The molecule has 2 aromatic carbocycles. The minimum Gasteiger partial charge on any atom is -0.126 e. The SMILES string of the molecule is CCCC[C@H]1CC[C@H]([C@H]2CC[C@H](CCc3ccc(-c4ccc(CCCl)cc4)cc3)CC2)CC1. The monoisotopic (exact) mass is 464 g/mol. The second kappa shape index (κ2) is 13.0. The maximum atomic E-state index is 5.86. The van der Waals surface area contributed by atoms with Crippen molar-refractivity contribution < 1.29 is 0 Å². The first kappa shape index (κ1) is 24.8. The number of rotatable bonds is 10. The summed E-state index contributed by atoms with van der Waals surface area (Å²) in [6, 6.07) is 18.2. The third kappa shape index (κ3) is 7.35. The van der Waals surface area contributed by atoms with Crippen LogP contribution < -0.4 is 0 Å². The highest BCUT2D eigenvalue weighted by molar-refractivity contribution is 6.17. The predicted octanol–water partition coefficient (Wildman–Crippen LogP) is 9.87. The molecule has 0 saturated heterocycles. The Kier molecular flexibility index (Phi) is 9.78.